The number of phenols is 1. The van der Waals surface area contributed by atoms with Crippen LogP contribution >= 0.6 is 0 Å². The van der Waals surface area contributed by atoms with Crippen LogP contribution in [-0.4, -0.2) is 25.1 Å². The summed E-state index contributed by atoms with van der Waals surface area (Å²) < 4.78 is 22.6. The van der Waals surface area contributed by atoms with Crippen molar-refractivity contribution in [2.45, 2.75) is 11.8 Å². The first-order valence-electron chi connectivity index (χ1n) is 7.29. The Bertz CT molecular complexity index is 991. The predicted molar refractivity (Wildman–Crippen MR) is 94.5 cm³/mol. The van der Waals surface area contributed by atoms with E-state index in [-0.39, 0.29) is 16.6 Å². The average Bonchev–Trinajstić information content (AvgIpc) is 2.84. The van der Waals surface area contributed by atoms with Crippen molar-refractivity contribution >= 4 is 33.4 Å². The molecule has 1 aliphatic rings. The molecule has 1 aliphatic heterocycles. The molecule has 3 N–H and O–H groups in total. The number of anilines is 1. The molecule has 8 heteroatoms. The van der Waals surface area contributed by atoms with Gasteiger partial charge in [0.2, 0.25) is 10.0 Å². The molecule has 3 rings (SSSR count). The summed E-state index contributed by atoms with van der Waals surface area (Å²) in [6.07, 6.45) is 1.68. The number of primary sulfonamides is 1. The average molecular weight is 357 g/mol. The van der Waals surface area contributed by atoms with E-state index in [2.05, 4.69) is 5.10 Å². The molecule has 25 heavy (non-hydrogen) atoms. The summed E-state index contributed by atoms with van der Waals surface area (Å²) in [5.41, 5.74) is 2.14. The summed E-state index contributed by atoms with van der Waals surface area (Å²) in [4.78, 5) is 12.6. The second kappa shape index (κ2) is 6.15. The van der Waals surface area contributed by atoms with Crippen LogP contribution in [0.1, 0.15) is 12.5 Å². The molecule has 0 atom stereocenters. The zero-order valence-electron chi connectivity index (χ0n) is 13.2. The summed E-state index contributed by atoms with van der Waals surface area (Å²) in [7, 11) is -3.79. The fraction of sp³-hybridized carbons (Fsp3) is 0.0588. The summed E-state index contributed by atoms with van der Waals surface area (Å²) in [6, 6.07) is 12.0. The maximum absolute atomic E-state index is 12.6. The molecule has 0 aromatic heterocycles. The Labute approximate surface area is 144 Å². The number of amides is 1. The normalized spacial score (nSPS) is 16.4. The lowest BCUT2D eigenvalue weighted by molar-refractivity contribution is -0.114. The van der Waals surface area contributed by atoms with E-state index >= 15 is 0 Å². The number of carbonyl (C=O) groups is 1. The third kappa shape index (κ3) is 3.44. The van der Waals surface area contributed by atoms with Gasteiger partial charge in [0.05, 0.1) is 21.9 Å². The van der Waals surface area contributed by atoms with Gasteiger partial charge in [0.25, 0.3) is 5.91 Å². The molecule has 2 aromatic carbocycles. The van der Waals surface area contributed by atoms with Crippen molar-refractivity contribution in [3.63, 3.8) is 0 Å². The van der Waals surface area contributed by atoms with Crippen LogP contribution in [0.3, 0.4) is 0 Å². The number of carbonyl (C=O) groups excluding carboxylic acids is 1. The minimum Gasteiger partial charge on any atom is -0.508 e. The molecule has 0 fully saturated rings. The number of nitrogens with two attached hydrogens (primary N) is 1. The maximum atomic E-state index is 12.6. The molecule has 0 bridgehead atoms. The monoisotopic (exact) mass is 357 g/mol. The number of rotatable bonds is 3. The van der Waals surface area contributed by atoms with E-state index in [1.807, 2.05) is 0 Å². The van der Waals surface area contributed by atoms with E-state index in [0.717, 1.165) is 5.56 Å². The molecular weight excluding hydrogens is 342 g/mol. The summed E-state index contributed by atoms with van der Waals surface area (Å²) in [5, 5.41) is 19.8. The molecule has 1 amide bonds. The molecule has 0 unspecified atom stereocenters. The quantitative estimate of drug-likeness (QED) is 0.816. The molecule has 0 radical (unpaired) electrons. The fourth-order valence-electron chi connectivity index (χ4n) is 2.37. The van der Waals surface area contributed by atoms with E-state index in [9.17, 15) is 18.3 Å². The molecule has 1 heterocycles. The Morgan fingerprint density at radius 2 is 1.68 bits per heavy atom. The lowest BCUT2D eigenvalue weighted by Gasteiger charge is -2.12. The molecule has 0 saturated carbocycles. The van der Waals surface area contributed by atoms with Crippen molar-refractivity contribution < 1.29 is 18.3 Å². The molecule has 0 aliphatic carbocycles. The smallest absolute Gasteiger partial charge is 0.280 e. The highest BCUT2D eigenvalue weighted by atomic mass is 32.2. The number of hydrogen-bond acceptors (Lipinski definition) is 5. The summed E-state index contributed by atoms with van der Waals surface area (Å²) in [5.74, 6) is -0.184. The number of hydrazone groups is 1. The van der Waals surface area contributed by atoms with E-state index in [1.165, 1.54) is 41.4 Å². The number of benzene rings is 2. The van der Waals surface area contributed by atoms with Crippen molar-refractivity contribution in [2.24, 2.45) is 10.2 Å². The van der Waals surface area contributed by atoms with Gasteiger partial charge < -0.3 is 5.11 Å². The third-order valence-electron chi connectivity index (χ3n) is 3.68. The summed E-state index contributed by atoms with van der Waals surface area (Å²) >= 11 is 0. The van der Waals surface area contributed by atoms with Crippen molar-refractivity contribution in [1.82, 2.24) is 0 Å². The Morgan fingerprint density at radius 1 is 1.08 bits per heavy atom. The van der Waals surface area contributed by atoms with E-state index in [0.29, 0.717) is 17.0 Å². The minimum atomic E-state index is -3.79. The van der Waals surface area contributed by atoms with Crippen molar-refractivity contribution in [3.05, 3.63) is 59.7 Å². The zero-order valence-corrected chi connectivity index (χ0v) is 14.1. The number of phenolic OH excluding ortho intramolecular Hbond substituents is 1. The van der Waals surface area contributed by atoms with Gasteiger partial charge in [0.15, 0.2) is 0 Å². The Kier molecular flexibility index (Phi) is 4.15. The largest absolute Gasteiger partial charge is 0.508 e. The van der Waals surface area contributed by atoms with Gasteiger partial charge in [-0.1, -0.05) is 12.1 Å². The van der Waals surface area contributed by atoms with Crippen LogP contribution in [0.25, 0.3) is 6.08 Å². The van der Waals surface area contributed by atoms with E-state index in [1.54, 1.807) is 25.1 Å². The number of aromatic hydroxyl groups is 1. The van der Waals surface area contributed by atoms with Crippen LogP contribution in [0.2, 0.25) is 0 Å². The second-order valence-corrected chi connectivity index (χ2v) is 7.05. The number of hydrogen-bond donors (Lipinski definition) is 2. The molecule has 0 spiro atoms. The van der Waals surface area contributed by atoms with Crippen molar-refractivity contribution in [2.75, 3.05) is 5.01 Å². The molecule has 128 valence electrons. The van der Waals surface area contributed by atoms with Crippen LogP contribution in [0.5, 0.6) is 5.75 Å². The molecule has 7 nitrogen and oxygen atoms in total. The van der Waals surface area contributed by atoms with Gasteiger partial charge in [-0.15, -0.1) is 0 Å². The van der Waals surface area contributed by atoms with Crippen LogP contribution in [0, 0.1) is 0 Å². The number of nitrogens with zero attached hydrogens (tertiary/aromatic N) is 2. The highest BCUT2D eigenvalue weighted by Gasteiger charge is 2.28. The van der Waals surface area contributed by atoms with Crippen LogP contribution in [-0.2, 0) is 14.8 Å². The first kappa shape index (κ1) is 16.9. The van der Waals surface area contributed by atoms with Gasteiger partial charge in [-0.2, -0.15) is 10.1 Å². The number of sulfonamides is 1. The van der Waals surface area contributed by atoms with Gasteiger partial charge >= 0.3 is 0 Å². The van der Waals surface area contributed by atoms with E-state index in [4.69, 9.17) is 5.14 Å². The highest BCUT2D eigenvalue weighted by molar-refractivity contribution is 7.89. The van der Waals surface area contributed by atoms with E-state index < -0.39 is 10.0 Å². The molecular formula is C17H15N3O4S. The second-order valence-electron chi connectivity index (χ2n) is 5.49. The lowest BCUT2D eigenvalue weighted by Crippen LogP contribution is -2.21. The van der Waals surface area contributed by atoms with Crippen LogP contribution in [0.4, 0.5) is 5.69 Å². The zero-order chi connectivity index (χ0) is 18.2. The minimum absolute atomic E-state index is 0.0385. The topological polar surface area (TPSA) is 113 Å². The summed E-state index contributed by atoms with van der Waals surface area (Å²) in [6.45, 7) is 1.71. The van der Waals surface area contributed by atoms with Crippen LogP contribution < -0.4 is 10.1 Å². The standard InChI is InChI=1S/C17H15N3O4S/c1-11-16(10-12-2-6-14(21)7-3-12)17(22)20(19-11)13-4-8-15(9-5-13)25(18,23)24/h2-10,21H,1H3,(H2,18,23,24)/b16-10+. The predicted octanol–water partition coefficient (Wildman–Crippen LogP) is 1.85. The van der Waals surface area contributed by atoms with Gasteiger partial charge in [-0.05, 0) is 55.0 Å². The van der Waals surface area contributed by atoms with Gasteiger partial charge in [0.1, 0.15) is 5.75 Å². The van der Waals surface area contributed by atoms with Crippen molar-refractivity contribution in [3.8, 4) is 5.75 Å². The van der Waals surface area contributed by atoms with Crippen LogP contribution in [0.15, 0.2) is 64.1 Å². The first-order valence-corrected chi connectivity index (χ1v) is 8.84. The molecule has 2 aromatic rings. The van der Waals surface area contributed by atoms with Crippen molar-refractivity contribution in [1.29, 1.82) is 0 Å². The Hall–Kier alpha value is -2.97. The molecule has 0 saturated heterocycles. The Morgan fingerprint density at radius 3 is 2.24 bits per heavy atom. The first-order chi connectivity index (χ1) is 11.8. The SMILES string of the molecule is CC1=NN(c2ccc(S(N)(=O)=O)cc2)C(=O)/C1=C/c1ccc(O)cc1. The Balaban J connectivity index is 1.91. The lowest BCUT2D eigenvalue weighted by atomic mass is 10.1. The van der Waals surface area contributed by atoms with Gasteiger partial charge in [0, 0.05) is 0 Å². The van der Waals surface area contributed by atoms with Gasteiger partial charge in [-0.25, -0.2) is 13.6 Å². The third-order valence-corrected chi connectivity index (χ3v) is 4.61. The van der Waals surface area contributed by atoms with Gasteiger partial charge in [-0.3, -0.25) is 4.79 Å². The fourth-order valence-corrected chi connectivity index (χ4v) is 2.89. The maximum Gasteiger partial charge on any atom is 0.280 e. The highest BCUT2D eigenvalue weighted by Crippen LogP contribution is 2.26.